The maximum Gasteiger partial charge on any atom is 0.339 e. The summed E-state index contributed by atoms with van der Waals surface area (Å²) in [6.45, 7) is 0.651. The number of nitrogens with zero attached hydrogens (tertiary/aromatic N) is 2. The van der Waals surface area contributed by atoms with Crippen LogP contribution in [0.5, 0.6) is 0 Å². The molecule has 2 aromatic rings. The maximum absolute atomic E-state index is 10.9. The van der Waals surface area contributed by atoms with E-state index in [0.29, 0.717) is 12.2 Å². The van der Waals surface area contributed by atoms with E-state index in [4.69, 9.17) is 5.11 Å². The molecule has 0 aromatic carbocycles. The van der Waals surface area contributed by atoms with Gasteiger partial charge < -0.3 is 10.4 Å². The lowest BCUT2D eigenvalue weighted by Gasteiger charge is -2.07. The zero-order chi connectivity index (χ0) is 12.1. The van der Waals surface area contributed by atoms with Crippen LogP contribution in [0.25, 0.3) is 0 Å². The second-order valence-corrected chi connectivity index (χ2v) is 4.31. The first-order chi connectivity index (χ1) is 8.27. The molecule has 6 heteroatoms. The van der Waals surface area contributed by atoms with Crippen LogP contribution in [0, 0.1) is 0 Å². The van der Waals surface area contributed by atoms with Crippen LogP contribution in [-0.4, -0.2) is 27.6 Å². The fourth-order valence-electron chi connectivity index (χ4n) is 1.40. The molecule has 88 valence electrons. The number of carbonyl (C=O) groups is 1. The number of anilines is 1. The van der Waals surface area contributed by atoms with E-state index in [1.807, 2.05) is 5.38 Å². The van der Waals surface area contributed by atoms with Crippen molar-refractivity contribution in [1.82, 2.24) is 9.97 Å². The van der Waals surface area contributed by atoms with Gasteiger partial charge in [0.2, 0.25) is 0 Å². The largest absolute Gasteiger partial charge is 0.478 e. The number of aromatic nitrogens is 2. The van der Waals surface area contributed by atoms with Crippen LogP contribution in [0.3, 0.4) is 0 Å². The molecule has 0 amide bonds. The van der Waals surface area contributed by atoms with Gasteiger partial charge in [-0.3, -0.25) is 4.98 Å². The second kappa shape index (κ2) is 5.40. The molecule has 0 radical (unpaired) electrons. The van der Waals surface area contributed by atoms with Gasteiger partial charge in [-0.2, -0.15) is 0 Å². The third-order valence-corrected chi connectivity index (χ3v) is 3.03. The third kappa shape index (κ3) is 3.01. The van der Waals surface area contributed by atoms with Gasteiger partial charge in [-0.1, -0.05) is 0 Å². The molecule has 0 aliphatic heterocycles. The highest BCUT2D eigenvalue weighted by atomic mass is 32.1. The van der Waals surface area contributed by atoms with Crippen LogP contribution < -0.4 is 5.32 Å². The van der Waals surface area contributed by atoms with Crippen LogP contribution in [0.4, 0.5) is 5.69 Å². The summed E-state index contributed by atoms with van der Waals surface area (Å²) >= 11 is 1.59. The van der Waals surface area contributed by atoms with Gasteiger partial charge in [0.15, 0.2) is 0 Å². The van der Waals surface area contributed by atoms with Gasteiger partial charge in [0.1, 0.15) is 5.56 Å². The Balaban J connectivity index is 1.97. The molecule has 5 nitrogen and oxygen atoms in total. The summed E-state index contributed by atoms with van der Waals surface area (Å²) in [4.78, 5) is 18.9. The van der Waals surface area contributed by atoms with Gasteiger partial charge in [-0.05, 0) is 6.07 Å². The number of carboxylic acid groups (broad SMARTS) is 1. The fourth-order valence-corrected chi connectivity index (χ4v) is 2.02. The zero-order valence-electron chi connectivity index (χ0n) is 8.96. The van der Waals surface area contributed by atoms with Crippen molar-refractivity contribution in [2.75, 3.05) is 11.9 Å². The van der Waals surface area contributed by atoms with Crippen LogP contribution >= 0.6 is 11.3 Å². The summed E-state index contributed by atoms with van der Waals surface area (Å²) in [5.41, 5.74) is 0.774. The molecular formula is C11H11N3O2S. The monoisotopic (exact) mass is 249 g/mol. The molecule has 0 spiro atoms. The Morgan fingerprint density at radius 2 is 2.35 bits per heavy atom. The molecule has 17 heavy (non-hydrogen) atoms. The van der Waals surface area contributed by atoms with Gasteiger partial charge in [-0.15, -0.1) is 11.3 Å². The highest BCUT2D eigenvalue weighted by molar-refractivity contribution is 7.09. The van der Waals surface area contributed by atoms with Crippen molar-refractivity contribution in [3.8, 4) is 0 Å². The number of thiazole rings is 1. The highest BCUT2D eigenvalue weighted by Crippen LogP contribution is 2.13. The van der Waals surface area contributed by atoms with Crippen molar-refractivity contribution < 1.29 is 9.90 Å². The van der Waals surface area contributed by atoms with Crippen molar-refractivity contribution >= 4 is 23.0 Å². The first-order valence-electron chi connectivity index (χ1n) is 5.07. The van der Waals surface area contributed by atoms with Crippen molar-refractivity contribution in [3.05, 3.63) is 40.6 Å². The molecule has 0 bridgehead atoms. The minimum atomic E-state index is -0.977. The quantitative estimate of drug-likeness (QED) is 0.846. The predicted molar refractivity (Wildman–Crippen MR) is 65.5 cm³/mol. The van der Waals surface area contributed by atoms with Gasteiger partial charge in [-0.25, -0.2) is 9.78 Å². The van der Waals surface area contributed by atoms with E-state index in [-0.39, 0.29) is 5.56 Å². The van der Waals surface area contributed by atoms with E-state index in [2.05, 4.69) is 15.3 Å². The average Bonchev–Trinajstić information content (AvgIpc) is 2.82. The van der Waals surface area contributed by atoms with Gasteiger partial charge in [0, 0.05) is 36.9 Å². The van der Waals surface area contributed by atoms with E-state index >= 15 is 0 Å². The first kappa shape index (κ1) is 11.5. The second-order valence-electron chi connectivity index (χ2n) is 3.33. The Morgan fingerprint density at radius 1 is 1.47 bits per heavy atom. The molecule has 2 N–H and O–H groups in total. The van der Waals surface area contributed by atoms with Crippen molar-refractivity contribution in [2.24, 2.45) is 0 Å². The first-order valence-corrected chi connectivity index (χ1v) is 5.95. The molecule has 0 aliphatic carbocycles. The maximum atomic E-state index is 10.9. The molecule has 0 fully saturated rings. The van der Waals surface area contributed by atoms with Crippen LogP contribution in [-0.2, 0) is 6.42 Å². The van der Waals surface area contributed by atoms with Crippen molar-refractivity contribution in [2.45, 2.75) is 6.42 Å². The molecular weight excluding hydrogens is 238 g/mol. The SMILES string of the molecule is O=C(O)c1cnccc1NCCc1nccs1. The lowest BCUT2D eigenvalue weighted by molar-refractivity contribution is 0.0697. The number of pyridine rings is 1. The lowest BCUT2D eigenvalue weighted by atomic mass is 10.2. The minimum absolute atomic E-state index is 0.187. The molecule has 2 aromatic heterocycles. The van der Waals surface area contributed by atoms with Crippen LogP contribution in [0.15, 0.2) is 30.0 Å². The molecule has 0 atom stereocenters. The van der Waals surface area contributed by atoms with Crippen molar-refractivity contribution in [3.63, 3.8) is 0 Å². The van der Waals surface area contributed by atoms with Crippen LogP contribution in [0.1, 0.15) is 15.4 Å². The van der Waals surface area contributed by atoms with E-state index in [9.17, 15) is 4.79 Å². The zero-order valence-corrected chi connectivity index (χ0v) is 9.78. The van der Waals surface area contributed by atoms with Crippen molar-refractivity contribution in [1.29, 1.82) is 0 Å². The molecule has 2 rings (SSSR count). The average molecular weight is 249 g/mol. The Morgan fingerprint density at radius 3 is 3.06 bits per heavy atom. The molecule has 0 saturated heterocycles. The number of nitrogens with one attached hydrogen (secondary N) is 1. The number of aromatic carboxylic acids is 1. The molecule has 2 heterocycles. The number of hydrogen-bond donors (Lipinski definition) is 2. The smallest absolute Gasteiger partial charge is 0.339 e. The third-order valence-electron chi connectivity index (χ3n) is 2.19. The van der Waals surface area contributed by atoms with E-state index in [0.717, 1.165) is 11.4 Å². The number of hydrogen-bond acceptors (Lipinski definition) is 5. The summed E-state index contributed by atoms with van der Waals surface area (Å²) in [5, 5.41) is 15.0. The lowest BCUT2D eigenvalue weighted by Crippen LogP contribution is -2.09. The minimum Gasteiger partial charge on any atom is -0.478 e. The Kier molecular flexibility index (Phi) is 3.66. The molecule has 0 saturated carbocycles. The summed E-state index contributed by atoms with van der Waals surface area (Å²) < 4.78 is 0. The Bertz CT molecular complexity index is 499. The molecule has 0 aliphatic rings. The summed E-state index contributed by atoms with van der Waals surface area (Å²) in [5.74, 6) is -0.977. The topological polar surface area (TPSA) is 75.1 Å². The summed E-state index contributed by atoms with van der Waals surface area (Å²) in [6, 6.07) is 1.66. The Labute approximate surface area is 102 Å². The van der Waals surface area contributed by atoms with Gasteiger partial charge >= 0.3 is 5.97 Å². The number of carboxylic acids is 1. The van der Waals surface area contributed by atoms with E-state index < -0.39 is 5.97 Å². The normalized spacial score (nSPS) is 10.1. The summed E-state index contributed by atoms with van der Waals surface area (Å²) in [6.07, 6.45) is 5.44. The fraction of sp³-hybridized carbons (Fsp3) is 0.182. The number of rotatable bonds is 5. The van der Waals surface area contributed by atoms with E-state index in [1.54, 1.807) is 29.8 Å². The predicted octanol–water partition coefficient (Wildman–Crippen LogP) is 1.89. The van der Waals surface area contributed by atoms with Gasteiger partial charge in [0.25, 0.3) is 0 Å². The molecule has 0 unspecified atom stereocenters. The van der Waals surface area contributed by atoms with Gasteiger partial charge in [0.05, 0.1) is 10.7 Å². The standard InChI is InChI=1S/C11H11N3O2S/c15-11(16)8-7-12-3-1-9(8)13-4-2-10-14-5-6-17-10/h1,3,5-7H,2,4H2,(H,12,13)(H,15,16). The van der Waals surface area contributed by atoms with E-state index in [1.165, 1.54) is 6.20 Å². The van der Waals surface area contributed by atoms with Crippen LogP contribution in [0.2, 0.25) is 0 Å². The summed E-state index contributed by atoms with van der Waals surface area (Å²) in [7, 11) is 0. The highest BCUT2D eigenvalue weighted by Gasteiger charge is 2.08. The Hall–Kier alpha value is -1.95.